The molecular weight excluding hydrogens is 345 g/mol. The van der Waals surface area contributed by atoms with Crippen molar-refractivity contribution < 1.29 is 14.4 Å². The molecular formula is C21H24FN3O2. The molecule has 0 unspecified atom stereocenters. The number of fused-ring (bicyclic) bond motifs is 1. The number of hydroxylamine groups is 1. The van der Waals surface area contributed by atoms with Crippen molar-refractivity contribution in [3.63, 3.8) is 0 Å². The van der Waals surface area contributed by atoms with E-state index in [0.29, 0.717) is 19.4 Å². The van der Waals surface area contributed by atoms with Gasteiger partial charge in [-0.2, -0.15) is 0 Å². The number of allylic oxidation sites excluding steroid dienone is 4. The smallest absolute Gasteiger partial charge is 0.267 e. The lowest BCUT2D eigenvalue weighted by atomic mass is 9.97. The zero-order chi connectivity index (χ0) is 19.2. The van der Waals surface area contributed by atoms with Gasteiger partial charge in [-0.05, 0) is 61.6 Å². The molecule has 1 amide bonds. The van der Waals surface area contributed by atoms with Gasteiger partial charge in [0, 0.05) is 29.2 Å². The number of H-pyrrole nitrogens is 1. The second-order valence-corrected chi connectivity index (χ2v) is 6.68. The van der Waals surface area contributed by atoms with E-state index >= 15 is 0 Å². The van der Waals surface area contributed by atoms with Crippen molar-refractivity contribution in [3.8, 4) is 0 Å². The van der Waals surface area contributed by atoms with Gasteiger partial charge in [0.2, 0.25) is 0 Å². The van der Waals surface area contributed by atoms with Crippen LogP contribution in [0.4, 0.5) is 4.39 Å². The number of carbonyl (C=O) groups excluding carboxylic acids is 1. The number of hydrogen-bond acceptors (Lipinski definition) is 3. The summed E-state index contributed by atoms with van der Waals surface area (Å²) in [6.45, 7) is 3.36. The van der Waals surface area contributed by atoms with E-state index in [1.807, 2.05) is 12.1 Å². The Bertz CT molecular complexity index is 925. The fraction of sp³-hybridized carbons (Fsp3) is 0.286. The quantitative estimate of drug-likeness (QED) is 0.261. The molecule has 4 N–H and O–H groups in total. The van der Waals surface area contributed by atoms with Crippen LogP contribution in [-0.2, 0) is 11.2 Å². The third kappa shape index (κ3) is 4.72. The van der Waals surface area contributed by atoms with Gasteiger partial charge >= 0.3 is 0 Å². The summed E-state index contributed by atoms with van der Waals surface area (Å²) in [5.41, 5.74) is 6.61. The van der Waals surface area contributed by atoms with Crippen molar-refractivity contribution >= 4 is 16.8 Å². The van der Waals surface area contributed by atoms with E-state index < -0.39 is 5.91 Å². The number of carbonyl (C=O) groups is 1. The Morgan fingerprint density at radius 3 is 2.93 bits per heavy atom. The number of amides is 1. The topological polar surface area (TPSA) is 77.2 Å². The summed E-state index contributed by atoms with van der Waals surface area (Å²) in [7, 11) is 0. The minimum Gasteiger partial charge on any atom is -0.358 e. The second-order valence-electron chi connectivity index (χ2n) is 6.68. The first-order valence-electron chi connectivity index (χ1n) is 9.05. The average molecular weight is 369 g/mol. The average Bonchev–Trinajstić information content (AvgIpc) is 2.99. The number of hydrogen-bond donors (Lipinski definition) is 4. The number of benzene rings is 1. The first-order chi connectivity index (χ1) is 13.1. The van der Waals surface area contributed by atoms with Gasteiger partial charge in [-0.15, -0.1) is 0 Å². The Morgan fingerprint density at radius 1 is 1.33 bits per heavy atom. The molecule has 1 aromatic carbocycles. The van der Waals surface area contributed by atoms with Crippen LogP contribution in [-0.4, -0.2) is 29.2 Å². The second kappa shape index (κ2) is 8.79. The van der Waals surface area contributed by atoms with Crippen LogP contribution in [0.3, 0.4) is 0 Å². The lowest BCUT2D eigenvalue weighted by Crippen LogP contribution is -2.21. The van der Waals surface area contributed by atoms with E-state index in [1.54, 1.807) is 0 Å². The van der Waals surface area contributed by atoms with Crippen LogP contribution in [0.5, 0.6) is 0 Å². The van der Waals surface area contributed by atoms with Gasteiger partial charge in [0.25, 0.3) is 5.91 Å². The fourth-order valence-electron chi connectivity index (χ4n) is 3.39. The zero-order valence-electron chi connectivity index (χ0n) is 15.3. The minimum atomic E-state index is -0.625. The van der Waals surface area contributed by atoms with Crippen molar-refractivity contribution in [2.24, 2.45) is 0 Å². The van der Waals surface area contributed by atoms with E-state index in [0.717, 1.165) is 29.6 Å². The van der Waals surface area contributed by atoms with Crippen LogP contribution in [0.1, 0.15) is 24.1 Å². The summed E-state index contributed by atoms with van der Waals surface area (Å²) in [5, 5.41) is 13.0. The SMILES string of the molecule is Cc1[nH]c2ccccc2c1CCNCC1=C(F)C=C(/C=C/C(=O)NO)CC1. The highest BCUT2D eigenvalue weighted by Gasteiger charge is 2.13. The van der Waals surface area contributed by atoms with Crippen LogP contribution in [0.15, 0.2) is 59.5 Å². The highest BCUT2D eigenvalue weighted by molar-refractivity contribution is 5.87. The Morgan fingerprint density at radius 2 is 2.15 bits per heavy atom. The Labute approximate surface area is 157 Å². The molecule has 5 nitrogen and oxygen atoms in total. The molecule has 6 heteroatoms. The van der Waals surface area contributed by atoms with E-state index in [-0.39, 0.29) is 5.83 Å². The number of nitrogens with one attached hydrogen (secondary N) is 3. The van der Waals surface area contributed by atoms with Crippen LogP contribution in [0.2, 0.25) is 0 Å². The highest BCUT2D eigenvalue weighted by Crippen LogP contribution is 2.25. The van der Waals surface area contributed by atoms with Gasteiger partial charge in [-0.3, -0.25) is 10.0 Å². The maximum Gasteiger partial charge on any atom is 0.267 e. The number of rotatable bonds is 7. The molecule has 0 bridgehead atoms. The first-order valence-corrected chi connectivity index (χ1v) is 9.05. The zero-order valence-corrected chi connectivity index (χ0v) is 15.3. The monoisotopic (exact) mass is 369 g/mol. The van der Waals surface area contributed by atoms with Gasteiger partial charge in [0.05, 0.1) is 0 Å². The predicted molar refractivity (Wildman–Crippen MR) is 104 cm³/mol. The largest absolute Gasteiger partial charge is 0.358 e. The molecule has 2 aromatic rings. The maximum atomic E-state index is 14.3. The first kappa shape index (κ1) is 19.1. The maximum absolute atomic E-state index is 14.3. The number of para-hydroxylation sites is 1. The number of aromatic amines is 1. The number of halogens is 1. The Balaban J connectivity index is 1.54. The summed E-state index contributed by atoms with van der Waals surface area (Å²) in [6.07, 6.45) is 6.32. The molecule has 1 aromatic heterocycles. The van der Waals surface area contributed by atoms with Crippen molar-refractivity contribution in [3.05, 3.63) is 70.7 Å². The molecule has 0 atom stereocenters. The Kier molecular flexibility index (Phi) is 6.21. The van der Waals surface area contributed by atoms with E-state index in [9.17, 15) is 9.18 Å². The van der Waals surface area contributed by atoms with Gasteiger partial charge in [0.15, 0.2) is 0 Å². The third-order valence-corrected chi connectivity index (χ3v) is 4.84. The summed E-state index contributed by atoms with van der Waals surface area (Å²) in [5.74, 6) is -0.874. The van der Waals surface area contributed by atoms with Gasteiger partial charge in [0.1, 0.15) is 5.83 Å². The molecule has 0 aliphatic heterocycles. The van der Waals surface area contributed by atoms with Gasteiger partial charge < -0.3 is 10.3 Å². The van der Waals surface area contributed by atoms with Crippen LogP contribution < -0.4 is 10.8 Å². The normalized spacial score (nSPS) is 14.9. The van der Waals surface area contributed by atoms with E-state index in [2.05, 4.69) is 29.4 Å². The lowest BCUT2D eigenvalue weighted by Gasteiger charge is -2.15. The highest BCUT2D eigenvalue weighted by atomic mass is 19.1. The molecule has 1 heterocycles. The minimum absolute atomic E-state index is 0.249. The molecule has 0 saturated heterocycles. The molecule has 0 spiro atoms. The van der Waals surface area contributed by atoms with Crippen LogP contribution in [0, 0.1) is 6.92 Å². The summed E-state index contributed by atoms with van der Waals surface area (Å²) in [4.78, 5) is 14.4. The van der Waals surface area contributed by atoms with Crippen molar-refractivity contribution in [2.75, 3.05) is 13.1 Å². The fourth-order valence-corrected chi connectivity index (χ4v) is 3.39. The summed E-state index contributed by atoms with van der Waals surface area (Å²) < 4.78 is 14.3. The molecule has 1 aliphatic carbocycles. The van der Waals surface area contributed by atoms with Crippen LogP contribution in [0.25, 0.3) is 10.9 Å². The van der Waals surface area contributed by atoms with Gasteiger partial charge in [-0.1, -0.05) is 24.3 Å². The van der Waals surface area contributed by atoms with Crippen molar-refractivity contribution in [2.45, 2.75) is 26.2 Å². The lowest BCUT2D eigenvalue weighted by molar-refractivity contribution is -0.124. The molecule has 0 fully saturated rings. The predicted octanol–water partition coefficient (Wildman–Crippen LogP) is 3.61. The molecule has 3 rings (SSSR count). The molecule has 1 aliphatic rings. The van der Waals surface area contributed by atoms with E-state index in [4.69, 9.17) is 5.21 Å². The molecule has 27 heavy (non-hydrogen) atoms. The van der Waals surface area contributed by atoms with Crippen molar-refractivity contribution in [1.29, 1.82) is 0 Å². The van der Waals surface area contributed by atoms with E-state index in [1.165, 1.54) is 40.4 Å². The number of aryl methyl sites for hydroxylation is 1. The Hall–Kier alpha value is -2.70. The summed E-state index contributed by atoms with van der Waals surface area (Å²) >= 11 is 0. The van der Waals surface area contributed by atoms with Crippen molar-refractivity contribution in [1.82, 2.24) is 15.8 Å². The van der Waals surface area contributed by atoms with Crippen LogP contribution >= 0.6 is 0 Å². The molecule has 0 radical (unpaired) electrons. The standard InChI is InChI=1S/C21H24FN3O2/c1-14-17(18-4-2-3-5-20(18)24-14)10-11-23-13-16-8-6-15(12-19(16)22)7-9-21(26)25-27/h2-5,7,9,12,23-24,27H,6,8,10-11,13H2,1H3,(H,25,26)/b9-7+. The molecule has 0 saturated carbocycles. The number of aromatic nitrogens is 1. The third-order valence-electron chi connectivity index (χ3n) is 4.84. The molecule has 142 valence electrons. The van der Waals surface area contributed by atoms with Gasteiger partial charge in [-0.25, -0.2) is 9.87 Å². The summed E-state index contributed by atoms with van der Waals surface area (Å²) in [6, 6.07) is 8.25.